The van der Waals surface area contributed by atoms with Crippen molar-refractivity contribution in [2.75, 3.05) is 0 Å². The molecule has 5 nitrogen and oxygen atoms in total. The third-order valence-corrected chi connectivity index (χ3v) is 3.68. The molecule has 0 atom stereocenters. The van der Waals surface area contributed by atoms with Crippen LogP contribution in [0.1, 0.15) is 5.56 Å². The van der Waals surface area contributed by atoms with E-state index in [1.165, 1.54) is 18.6 Å². The molecule has 0 saturated carbocycles. The highest BCUT2D eigenvalue weighted by Crippen LogP contribution is 2.39. The molecule has 3 aromatic rings. The fourth-order valence-corrected chi connectivity index (χ4v) is 2.98. The molecule has 0 aliphatic carbocycles. The SMILES string of the molecule is O=S(=O)(Cl)Cc1c2ccoc2c(O)c2ccoc12. The predicted molar refractivity (Wildman–Crippen MR) is 66.1 cm³/mol. The van der Waals surface area contributed by atoms with E-state index >= 15 is 0 Å². The number of furan rings is 2. The van der Waals surface area contributed by atoms with Crippen LogP contribution in [-0.4, -0.2) is 13.5 Å². The van der Waals surface area contributed by atoms with E-state index in [1.807, 2.05) is 0 Å². The molecular formula is C11H7ClO5S. The summed E-state index contributed by atoms with van der Waals surface area (Å²) in [6.07, 6.45) is 2.74. The molecule has 0 saturated heterocycles. The summed E-state index contributed by atoms with van der Waals surface area (Å²) < 4.78 is 32.9. The third-order valence-electron chi connectivity index (χ3n) is 2.72. The second kappa shape index (κ2) is 3.66. The highest BCUT2D eigenvalue weighted by molar-refractivity contribution is 8.13. The Kier molecular flexibility index (Phi) is 2.33. The maximum absolute atomic E-state index is 11.2. The van der Waals surface area contributed by atoms with Gasteiger partial charge in [-0.15, -0.1) is 0 Å². The first-order chi connectivity index (χ1) is 8.47. The molecule has 0 spiro atoms. The number of fused-ring (bicyclic) bond motifs is 2. The van der Waals surface area contributed by atoms with Gasteiger partial charge < -0.3 is 13.9 Å². The highest BCUT2D eigenvalue weighted by Gasteiger charge is 2.21. The van der Waals surface area contributed by atoms with Gasteiger partial charge in [-0.05, 0) is 12.1 Å². The van der Waals surface area contributed by atoms with E-state index in [1.54, 1.807) is 6.07 Å². The summed E-state index contributed by atoms with van der Waals surface area (Å²) in [5, 5.41) is 10.8. The Morgan fingerprint density at radius 3 is 2.39 bits per heavy atom. The van der Waals surface area contributed by atoms with Crippen LogP contribution in [0.5, 0.6) is 5.75 Å². The Morgan fingerprint density at radius 2 is 1.72 bits per heavy atom. The molecule has 7 heteroatoms. The Hall–Kier alpha value is -1.66. The van der Waals surface area contributed by atoms with Crippen LogP contribution in [0.25, 0.3) is 21.9 Å². The number of hydrogen-bond acceptors (Lipinski definition) is 5. The normalized spacial score (nSPS) is 12.5. The van der Waals surface area contributed by atoms with Crippen molar-refractivity contribution in [1.29, 1.82) is 0 Å². The number of halogens is 1. The van der Waals surface area contributed by atoms with Gasteiger partial charge in [-0.3, -0.25) is 0 Å². The average molecular weight is 287 g/mol. The van der Waals surface area contributed by atoms with Crippen molar-refractivity contribution < 1.29 is 22.4 Å². The highest BCUT2D eigenvalue weighted by atomic mass is 35.7. The van der Waals surface area contributed by atoms with E-state index in [9.17, 15) is 13.5 Å². The molecule has 0 amide bonds. The first-order valence-electron chi connectivity index (χ1n) is 4.98. The first-order valence-corrected chi connectivity index (χ1v) is 7.46. The van der Waals surface area contributed by atoms with Crippen LogP contribution in [0.15, 0.2) is 33.5 Å². The molecule has 3 rings (SSSR count). The number of hydrogen-bond donors (Lipinski definition) is 1. The first kappa shape index (κ1) is 11.4. The molecule has 0 bridgehead atoms. The standard InChI is InChI=1S/C11H7ClO5S/c12-18(14,15)5-8-6-1-3-17-11(6)9(13)7-2-4-16-10(7)8/h1-4,13H,5H2. The molecular weight excluding hydrogens is 280 g/mol. The lowest BCUT2D eigenvalue weighted by Crippen LogP contribution is -1.96. The molecule has 0 radical (unpaired) electrons. The van der Waals surface area contributed by atoms with Crippen LogP contribution >= 0.6 is 10.7 Å². The maximum atomic E-state index is 11.2. The van der Waals surface area contributed by atoms with Crippen molar-refractivity contribution in [3.05, 3.63) is 30.2 Å². The van der Waals surface area contributed by atoms with Gasteiger partial charge in [-0.1, -0.05) is 0 Å². The minimum atomic E-state index is -3.74. The van der Waals surface area contributed by atoms with E-state index in [0.717, 1.165) is 0 Å². The maximum Gasteiger partial charge on any atom is 0.236 e. The number of benzene rings is 1. The lowest BCUT2D eigenvalue weighted by Gasteiger charge is -2.04. The summed E-state index contributed by atoms with van der Waals surface area (Å²) in [7, 11) is 1.54. The van der Waals surface area contributed by atoms with Crippen molar-refractivity contribution >= 4 is 41.7 Å². The van der Waals surface area contributed by atoms with Gasteiger partial charge in [0.25, 0.3) is 0 Å². The summed E-state index contributed by atoms with van der Waals surface area (Å²) in [5.41, 5.74) is 0.899. The lowest BCUT2D eigenvalue weighted by molar-refractivity contribution is 0.470. The quantitative estimate of drug-likeness (QED) is 0.733. The Labute approximate surface area is 106 Å². The molecule has 94 valence electrons. The average Bonchev–Trinajstić information content (AvgIpc) is 2.91. The fourth-order valence-electron chi connectivity index (χ4n) is 2.02. The second-order valence-electron chi connectivity index (χ2n) is 3.84. The topological polar surface area (TPSA) is 80.7 Å². The summed E-state index contributed by atoms with van der Waals surface area (Å²) in [4.78, 5) is 0. The van der Waals surface area contributed by atoms with Crippen molar-refractivity contribution in [3.63, 3.8) is 0 Å². The summed E-state index contributed by atoms with van der Waals surface area (Å²) >= 11 is 0. The van der Waals surface area contributed by atoms with Crippen molar-refractivity contribution in [1.82, 2.24) is 0 Å². The Balaban J connectivity index is 2.47. The van der Waals surface area contributed by atoms with E-state index < -0.39 is 14.8 Å². The van der Waals surface area contributed by atoms with Crippen LogP contribution in [0.3, 0.4) is 0 Å². The summed E-state index contributed by atoms with van der Waals surface area (Å²) in [5.74, 6) is -0.469. The van der Waals surface area contributed by atoms with Gasteiger partial charge in [-0.2, -0.15) is 0 Å². The summed E-state index contributed by atoms with van der Waals surface area (Å²) in [6.45, 7) is 0. The van der Waals surface area contributed by atoms with Crippen LogP contribution in [-0.2, 0) is 14.8 Å². The third kappa shape index (κ3) is 1.65. The zero-order valence-corrected chi connectivity index (χ0v) is 10.5. The van der Waals surface area contributed by atoms with Crippen molar-refractivity contribution in [3.8, 4) is 5.75 Å². The van der Waals surface area contributed by atoms with E-state index in [-0.39, 0.29) is 11.3 Å². The number of phenolic OH excluding ortho intramolecular Hbond substituents is 1. The van der Waals surface area contributed by atoms with Gasteiger partial charge in [0.15, 0.2) is 11.3 Å². The second-order valence-corrected chi connectivity index (χ2v) is 6.61. The van der Waals surface area contributed by atoms with Crippen molar-refractivity contribution in [2.24, 2.45) is 0 Å². The van der Waals surface area contributed by atoms with E-state index in [4.69, 9.17) is 19.5 Å². The number of phenols is 1. The van der Waals surface area contributed by atoms with Gasteiger partial charge in [0, 0.05) is 21.6 Å². The zero-order valence-electron chi connectivity index (χ0n) is 8.88. The molecule has 2 heterocycles. The van der Waals surface area contributed by atoms with Crippen LogP contribution in [0.2, 0.25) is 0 Å². The largest absolute Gasteiger partial charge is 0.504 e. The van der Waals surface area contributed by atoms with Gasteiger partial charge in [0.1, 0.15) is 5.58 Å². The van der Waals surface area contributed by atoms with Crippen molar-refractivity contribution in [2.45, 2.75) is 5.75 Å². The lowest BCUT2D eigenvalue weighted by atomic mass is 10.1. The molecule has 18 heavy (non-hydrogen) atoms. The Morgan fingerprint density at radius 1 is 1.11 bits per heavy atom. The van der Waals surface area contributed by atoms with Crippen LogP contribution < -0.4 is 0 Å². The van der Waals surface area contributed by atoms with Gasteiger partial charge in [-0.25, -0.2) is 8.42 Å². The number of rotatable bonds is 2. The van der Waals surface area contributed by atoms with Gasteiger partial charge in [0.2, 0.25) is 9.05 Å². The molecule has 0 aliphatic heterocycles. The minimum absolute atomic E-state index is 0.0746. The minimum Gasteiger partial charge on any atom is -0.504 e. The molecule has 1 N–H and O–H groups in total. The van der Waals surface area contributed by atoms with Crippen LogP contribution in [0.4, 0.5) is 0 Å². The van der Waals surface area contributed by atoms with Gasteiger partial charge >= 0.3 is 0 Å². The molecule has 1 aromatic carbocycles. The van der Waals surface area contributed by atoms with E-state index in [0.29, 0.717) is 21.9 Å². The molecule has 0 aliphatic rings. The number of aromatic hydroxyl groups is 1. The van der Waals surface area contributed by atoms with Gasteiger partial charge in [0.05, 0.1) is 23.7 Å². The fraction of sp³-hybridized carbons (Fsp3) is 0.0909. The Bertz CT molecular complexity index is 791. The molecule has 2 aromatic heterocycles. The zero-order chi connectivity index (χ0) is 12.9. The summed E-state index contributed by atoms with van der Waals surface area (Å²) in [6, 6.07) is 3.10. The molecule has 0 fully saturated rings. The van der Waals surface area contributed by atoms with E-state index in [2.05, 4.69) is 0 Å². The smallest absolute Gasteiger partial charge is 0.236 e. The predicted octanol–water partition coefficient (Wildman–Crippen LogP) is 2.95. The molecule has 0 unspecified atom stereocenters. The monoisotopic (exact) mass is 286 g/mol. The van der Waals surface area contributed by atoms with Crippen LogP contribution in [0, 0.1) is 0 Å².